The molecule has 3 aromatic heterocycles. The van der Waals surface area contributed by atoms with Crippen LogP contribution in [0.2, 0.25) is 0 Å². The van der Waals surface area contributed by atoms with Gasteiger partial charge in [0.2, 0.25) is 5.91 Å². The minimum Gasteiger partial charge on any atom is -0.281 e. The minimum absolute atomic E-state index is 0.223. The molecule has 0 bridgehead atoms. The van der Waals surface area contributed by atoms with Gasteiger partial charge in [0.15, 0.2) is 5.13 Å². The van der Waals surface area contributed by atoms with Crippen molar-refractivity contribution >= 4 is 54.0 Å². The lowest BCUT2D eigenvalue weighted by atomic mass is 10.1. The second-order valence-corrected chi connectivity index (χ2v) is 12.4. The summed E-state index contributed by atoms with van der Waals surface area (Å²) in [6, 6.07) is 12.2. The Hall–Kier alpha value is -2.66. The van der Waals surface area contributed by atoms with Gasteiger partial charge >= 0.3 is 0 Å². The number of amides is 1. The third-order valence-corrected chi connectivity index (χ3v) is 10.5. The van der Waals surface area contributed by atoms with E-state index in [-0.39, 0.29) is 16.7 Å². The van der Waals surface area contributed by atoms with E-state index in [1.54, 1.807) is 28.6 Å². The molecule has 4 heterocycles. The number of benzene rings is 1. The third-order valence-electron chi connectivity index (χ3n) is 6.02. The number of carbonyl (C=O) groups excluding carboxylic acids is 1. The summed E-state index contributed by atoms with van der Waals surface area (Å²) in [5.41, 5.74) is 3.72. The number of aromatic nitrogens is 2. The fourth-order valence-corrected chi connectivity index (χ4v) is 8.12. The monoisotopic (exact) mass is 512 g/mol. The summed E-state index contributed by atoms with van der Waals surface area (Å²) < 4.78 is 29.2. The van der Waals surface area contributed by atoms with E-state index >= 15 is 0 Å². The van der Waals surface area contributed by atoms with Crippen molar-refractivity contribution in [1.29, 1.82) is 0 Å². The van der Waals surface area contributed by atoms with Crippen LogP contribution in [0.3, 0.4) is 0 Å². The summed E-state index contributed by atoms with van der Waals surface area (Å²) in [4.78, 5) is 24.8. The van der Waals surface area contributed by atoms with Crippen molar-refractivity contribution in [2.24, 2.45) is 0 Å². The van der Waals surface area contributed by atoms with Crippen LogP contribution in [0.25, 0.3) is 10.2 Å². The van der Waals surface area contributed by atoms with Crippen molar-refractivity contribution in [3.05, 3.63) is 70.9 Å². The fourth-order valence-electron chi connectivity index (χ4n) is 4.24. The number of pyridine rings is 1. The Balaban J connectivity index is 1.56. The van der Waals surface area contributed by atoms with E-state index in [2.05, 4.69) is 11.1 Å². The number of thiazole rings is 1. The Bertz CT molecular complexity index is 1390. The zero-order chi connectivity index (χ0) is 23.9. The summed E-state index contributed by atoms with van der Waals surface area (Å²) in [5, 5.41) is 2.29. The van der Waals surface area contributed by atoms with E-state index in [0.29, 0.717) is 30.2 Å². The molecule has 0 spiro atoms. The summed E-state index contributed by atoms with van der Waals surface area (Å²) >= 11 is 2.63. The maximum absolute atomic E-state index is 14.0. The van der Waals surface area contributed by atoms with Gasteiger partial charge in [-0.3, -0.25) is 14.7 Å². The molecule has 1 aliphatic heterocycles. The maximum Gasteiger partial charge on any atom is 0.253 e. The van der Waals surface area contributed by atoms with Gasteiger partial charge in [0.1, 0.15) is 10.3 Å². The molecule has 10 heteroatoms. The highest BCUT2D eigenvalue weighted by Crippen LogP contribution is 2.36. The summed E-state index contributed by atoms with van der Waals surface area (Å²) in [5.74, 6) is -0.266. The second-order valence-electron chi connectivity index (χ2n) is 8.32. The number of thiophene rings is 1. The highest BCUT2D eigenvalue weighted by molar-refractivity contribution is 7.91. The lowest BCUT2D eigenvalue weighted by Gasteiger charge is -2.28. The fraction of sp³-hybridized carbons (Fsp3) is 0.292. The smallest absolute Gasteiger partial charge is 0.253 e. The number of carbonyl (C=O) groups is 1. The van der Waals surface area contributed by atoms with Gasteiger partial charge < -0.3 is 0 Å². The average Bonchev–Trinajstić information content (AvgIpc) is 3.61. The van der Waals surface area contributed by atoms with Gasteiger partial charge in [-0.2, -0.15) is 4.31 Å². The standard InChI is InChI=1S/C24H24N4O3S3/c1-16-10-11-17(2)22-21(16)26-24(33-22)27(15-18-7-3-4-12-25-18)23(29)19-8-5-13-28(19)34(30,31)20-9-6-14-32-20/h3-4,6-7,9-12,14,19H,5,8,13,15H2,1-2H3/t19-/m1/s1. The minimum atomic E-state index is -3.74. The van der Waals surface area contributed by atoms with Gasteiger partial charge in [0, 0.05) is 12.7 Å². The van der Waals surface area contributed by atoms with Gasteiger partial charge in [-0.15, -0.1) is 11.3 Å². The molecule has 0 aliphatic carbocycles. The number of hydrogen-bond acceptors (Lipinski definition) is 7. The molecule has 5 rings (SSSR count). The van der Waals surface area contributed by atoms with Gasteiger partial charge in [-0.25, -0.2) is 13.4 Å². The topological polar surface area (TPSA) is 83.5 Å². The van der Waals surface area contributed by atoms with Crippen molar-refractivity contribution in [3.63, 3.8) is 0 Å². The first-order valence-corrected chi connectivity index (χ1v) is 14.1. The Labute approximate surface area is 206 Å². The lowest BCUT2D eigenvalue weighted by molar-refractivity contribution is -0.121. The van der Waals surface area contributed by atoms with E-state index in [4.69, 9.17) is 4.98 Å². The molecule has 1 atom stereocenters. The maximum atomic E-state index is 14.0. The van der Waals surface area contributed by atoms with E-state index in [1.165, 1.54) is 27.0 Å². The number of fused-ring (bicyclic) bond motifs is 1. The van der Waals surface area contributed by atoms with Gasteiger partial charge in [-0.05, 0) is 61.4 Å². The first kappa shape index (κ1) is 23.1. The van der Waals surface area contributed by atoms with Crippen LogP contribution in [0.1, 0.15) is 29.7 Å². The van der Waals surface area contributed by atoms with Crippen molar-refractivity contribution in [2.75, 3.05) is 11.4 Å². The number of anilines is 1. The molecule has 176 valence electrons. The number of sulfonamides is 1. The van der Waals surface area contributed by atoms with Crippen molar-refractivity contribution in [2.45, 2.75) is 43.5 Å². The summed E-state index contributed by atoms with van der Waals surface area (Å²) in [7, 11) is -3.74. The number of aryl methyl sites for hydroxylation is 2. The third kappa shape index (κ3) is 4.15. The Morgan fingerprint density at radius 2 is 1.97 bits per heavy atom. The van der Waals surface area contributed by atoms with E-state index < -0.39 is 16.1 Å². The molecule has 34 heavy (non-hydrogen) atoms. The van der Waals surface area contributed by atoms with Gasteiger partial charge in [0.25, 0.3) is 10.0 Å². The first-order valence-electron chi connectivity index (χ1n) is 11.0. The molecule has 1 amide bonds. The van der Waals surface area contributed by atoms with E-state index in [1.807, 2.05) is 38.1 Å². The average molecular weight is 513 g/mol. The van der Waals surface area contributed by atoms with Crippen LogP contribution in [0, 0.1) is 13.8 Å². The van der Waals surface area contributed by atoms with E-state index in [9.17, 15) is 13.2 Å². The van der Waals surface area contributed by atoms with Crippen molar-refractivity contribution in [1.82, 2.24) is 14.3 Å². The molecule has 0 unspecified atom stereocenters. The quantitative estimate of drug-likeness (QED) is 0.372. The van der Waals surface area contributed by atoms with Crippen LogP contribution in [-0.4, -0.2) is 41.2 Å². The Kier molecular flexibility index (Phi) is 6.24. The summed E-state index contributed by atoms with van der Waals surface area (Å²) in [6.07, 6.45) is 2.80. The van der Waals surface area contributed by atoms with Gasteiger partial charge in [0.05, 0.1) is 22.5 Å². The molecule has 4 aromatic rings. The number of rotatable bonds is 6. The molecule has 0 N–H and O–H groups in total. The molecular formula is C24H24N4O3S3. The molecule has 1 aromatic carbocycles. The predicted molar refractivity (Wildman–Crippen MR) is 136 cm³/mol. The van der Waals surface area contributed by atoms with Crippen LogP contribution >= 0.6 is 22.7 Å². The molecule has 0 radical (unpaired) electrons. The second kappa shape index (κ2) is 9.18. The van der Waals surface area contributed by atoms with Crippen LogP contribution in [0.5, 0.6) is 0 Å². The highest BCUT2D eigenvalue weighted by Gasteiger charge is 2.42. The lowest BCUT2D eigenvalue weighted by Crippen LogP contribution is -2.47. The van der Waals surface area contributed by atoms with Crippen LogP contribution in [-0.2, 0) is 21.4 Å². The van der Waals surface area contributed by atoms with Crippen molar-refractivity contribution in [3.8, 4) is 0 Å². The zero-order valence-corrected chi connectivity index (χ0v) is 21.3. The number of hydrogen-bond donors (Lipinski definition) is 0. The SMILES string of the molecule is Cc1ccc(C)c2sc(N(Cc3ccccn3)C(=O)[C@H]3CCCN3S(=O)(=O)c3cccs3)nc12. The number of nitrogens with zero attached hydrogens (tertiary/aromatic N) is 4. The van der Waals surface area contributed by atoms with Gasteiger partial charge in [-0.1, -0.05) is 35.6 Å². The zero-order valence-electron chi connectivity index (χ0n) is 18.8. The Morgan fingerprint density at radius 3 is 2.68 bits per heavy atom. The first-order chi connectivity index (χ1) is 16.4. The Morgan fingerprint density at radius 1 is 1.15 bits per heavy atom. The predicted octanol–water partition coefficient (Wildman–Crippen LogP) is 4.76. The normalized spacial score (nSPS) is 16.8. The molecule has 7 nitrogen and oxygen atoms in total. The molecular weight excluding hydrogens is 488 g/mol. The highest BCUT2D eigenvalue weighted by atomic mass is 32.2. The molecule has 1 saturated heterocycles. The molecule has 1 aliphatic rings. The van der Waals surface area contributed by atoms with Crippen molar-refractivity contribution < 1.29 is 13.2 Å². The van der Waals surface area contributed by atoms with Crippen LogP contribution in [0.4, 0.5) is 5.13 Å². The van der Waals surface area contributed by atoms with Crippen LogP contribution < -0.4 is 4.90 Å². The molecule has 1 fully saturated rings. The van der Waals surface area contributed by atoms with Crippen LogP contribution in [0.15, 0.2) is 58.3 Å². The molecule has 0 saturated carbocycles. The summed E-state index contributed by atoms with van der Waals surface area (Å²) in [6.45, 7) is 4.58. The largest absolute Gasteiger partial charge is 0.281 e. The van der Waals surface area contributed by atoms with E-state index in [0.717, 1.165) is 21.3 Å².